The summed E-state index contributed by atoms with van der Waals surface area (Å²) in [7, 11) is 0. The minimum absolute atomic E-state index is 0.364. The van der Waals surface area contributed by atoms with Crippen molar-refractivity contribution in [2.45, 2.75) is 44.8 Å². The number of nitrogen functional groups attached to an aromatic ring is 1. The summed E-state index contributed by atoms with van der Waals surface area (Å²) in [5.74, 6) is 1.57. The fourth-order valence-electron chi connectivity index (χ4n) is 3.10. The second kappa shape index (κ2) is 4.72. The first-order valence-electron chi connectivity index (χ1n) is 6.72. The molecule has 0 bridgehead atoms. The minimum atomic E-state index is 0.364. The van der Waals surface area contributed by atoms with Crippen molar-refractivity contribution in [3.8, 4) is 0 Å². The fraction of sp³-hybridized carbons (Fsp3) is 0.692. The number of rotatable bonds is 1. The van der Waals surface area contributed by atoms with E-state index in [4.69, 9.17) is 10.5 Å². The summed E-state index contributed by atoms with van der Waals surface area (Å²) < 4.78 is 5.89. The summed E-state index contributed by atoms with van der Waals surface area (Å²) in [6.45, 7) is 3.68. The van der Waals surface area contributed by atoms with Crippen molar-refractivity contribution in [3.63, 3.8) is 0 Å². The zero-order valence-corrected chi connectivity index (χ0v) is 10.8. The van der Waals surface area contributed by atoms with Crippen molar-refractivity contribution in [2.75, 3.05) is 23.8 Å². The van der Waals surface area contributed by atoms with Gasteiger partial charge in [0.1, 0.15) is 18.0 Å². The predicted octanol–water partition coefficient (Wildman–Crippen LogP) is 1.52. The number of fused-ring (bicyclic) bond motifs is 1. The number of aromatic nitrogens is 2. The molecule has 1 aliphatic heterocycles. The highest BCUT2D eigenvalue weighted by molar-refractivity contribution is 5.56. The van der Waals surface area contributed by atoms with E-state index < -0.39 is 0 Å². The first-order chi connectivity index (χ1) is 8.77. The van der Waals surface area contributed by atoms with E-state index in [0.29, 0.717) is 18.0 Å². The quantitative estimate of drug-likeness (QED) is 0.816. The molecule has 5 nitrogen and oxygen atoms in total. The van der Waals surface area contributed by atoms with Gasteiger partial charge in [-0.15, -0.1) is 0 Å². The smallest absolute Gasteiger partial charge is 0.137 e. The molecule has 2 aliphatic rings. The highest BCUT2D eigenvalue weighted by atomic mass is 16.5. The largest absolute Gasteiger partial charge is 0.383 e. The number of morpholine rings is 1. The average molecular weight is 248 g/mol. The molecule has 0 spiro atoms. The van der Waals surface area contributed by atoms with Gasteiger partial charge in [-0.05, 0) is 19.8 Å². The molecule has 2 N–H and O–H groups in total. The molecule has 98 valence electrons. The van der Waals surface area contributed by atoms with Crippen LogP contribution in [0.1, 0.15) is 31.2 Å². The topological polar surface area (TPSA) is 64.3 Å². The maximum absolute atomic E-state index is 5.89. The van der Waals surface area contributed by atoms with Crippen LogP contribution in [0.4, 0.5) is 11.6 Å². The second-order valence-electron chi connectivity index (χ2n) is 5.16. The van der Waals surface area contributed by atoms with E-state index in [1.807, 2.05) is 6.92 Å². The molecule has 18 heavy (non-hydrogen) atoms. The van der Waals surface area contributed by atoms with Gasteiger partial charge in [0.05, 0.1) is 18.8 Å². The molecular formula is C13H20N4O. The van der Waals surface area contributed by atoms with E-state index in [9.17, 15) is 0 Å². The predicted molar refractivity (Wildman–Crippen MR) is 70.5 cm³/mol. The molecule has 1 aromatic rings. The van der Waals surface area contributed by atoms with E-state index in [2.05, 4.69) is 14.9 Å². The monoisotopic (exact) mass is 248 g/mol. The SMILES string of the molecule is Cc1c(N)ncnc1N1CCOC2CCCCC21. The molecule has 2 atom stereocenters. The van der Waals surface area contributed by atoms with Gasteiger partial charge in [0.25, 0.3) is 0 Å². The molecule has 3 rings (SSSR count). The Balaban J connectivity index is 1.92. The first-order valence-corrected chi connectivity index (χ1v) is 6.72. The van der Waals surface area contributed by atoms with Crippen LogP contribution in [-0.2, 0) is 4.74 Å². The van der Waals surface area contributed by atoms with Gasteiger partial charge in [-0.2, -0.15) is 0 Å². The molecule has 0 radical (unpaired) electrons. The van der Waals surface area contributed by atoms with E-state index in [0.717, 1.165) is 24.5 Å². The lowest BCUT2D eigenvalue weighted by Crippen LogP contribution is -2.53. The lowest BCUT2D eigenvalue weighted by Gasteiger charge is -2.44. The van der Waals surface area contributed by atoms with E-state index in [1.165, 1.54) is 25.7 Å². The molecule has 0 aromatic carbocycles. The van der Waals surface area contributed by atoms with Gasteiger partial charge in [-0.3, -0.25) is 0 Å². The Bertz CT molecular complexity index is 435. The average Bonchev–Trinajstić information content (AvgIpc) is 2.41. The van der Waals surface area contributed by atoms with Gasteiger partial charge in [0, 0.05) is 12.1 Å². The Kier molecular flexibility index (Phi) is 3.07. The van der Waals surface area contributed by atoms with Gasteiger partial charge in [-0.25, -0.2) is 9.97 Å². The van der Waals surface area contributed by atoms with Crippen LogP contribution in [0.2, 0.25) is 0 Å². The molecule has 1 saturated carbocycles. The van der Waals surface area contributed by atoms with Crippen LogP contribution >= 0.6 is 0 Å². The summed E-state index contributed by atoms with van der Waals surface area (Å²) in [5, 5.41) is 0. The standard InChI is InChI=1S/C13H20N4O/c1-9-12(14)15-8-16-13(9)17-6-7-18-11-5-3-2-4-10(11)17/h8,10-11H,2-7H2,1H3,(H2,14,15,16). The van der Waals surface area contributed by atoms with Gasteiger partial charge >= 0.3 is 0 Å². The molecule has 2 heterocycles. The maximum atomic E-state index is 5.89. The van der Waals surface area contributed by atoms with E-state index >= 15 is 0 Å². The summed E-state index contributed by atoms with van der Waals surface area (Å²) in [4.78, 5) is 10.9. The second-order valence-corrected chi connectivity index (χ2v) is 5.16. The van der Waals surface area contributed by atoms with Crippen LogP contribution in [0.5, 0.6) is 0 Å². The molecule has 5 heteroatoms. The Morgan fingerprint density at radius 1 is 1.33 bits per heavy atom. The zero-order valence-electron chi connectivity index (χ0n) is 10.8. The van der Waals surface area contributed by atoms with Crippen LogP contribution in [0, 0.1) is 6.92 Å². The van der Waals surface area contributed by atoms with Crippen LogP contribution in [0.25, 0.3) is 0 Å². The normalized spacial score (nSPS) is 27.9. The van der Waals surface area contributed by atoms with Gasteiger partial charge in [0.15, 0.2) is 0 Å². The maximum Gasteiger partial charge on any atom is 0.137 e. The third kappa shape index (κ3) is 1.92. The fourth-order valence-corrected chi connectivity index (χ4v) is 3.10. The minimum Gasteiger partial charge on any atom is -0.383 e. The van der Waals surface area contributed by atoms with Crippen molar-refractivity contribution in [1.82, 2.24) is 9.97 Å². The van der Waals surface area contributed by atoms with E-state index in [-0.39, 0.29) is 0 Å². The molecule has 1 aromatic heterocycles. The number of anilines is 2. The molecule has 2 unspecified atom stereocenters. The van der Waals surface area contributed by atoms with E-state index in [1.54, 1.807) is 6.33 Å². The van der Waals surface area contributed by atoms with Crippen LogP contribution in [0.3, 0.4) is 0 Å². The highest BCUT2D eigenvalue weighted by Gasteiger charge is 2.35. The Morgan fingerprint density at radius 3 is 3.06 bits per heavy atom. The molecule has 2 fully saturated rings. The summed E-state index contributed by atoms with van der Waals surface area (Å²) >= 11 is 0. The van der Waals surface area contributed by atoms with Crippen LogP contribution < -0.4 is 10.6 Å². The molecular weight excluding hydrogens is 228 g/mol. The Morgan fingerprint density at radius 2 is 2.17 bits per heavy atom. The van der Waals surface area contributed by atoms with Crippen LogP contribution in [-0.4, -0.2) is 35.3 Å². The van der Waals surface area contributed by atoms with Gasteiger partial charge in [0.2, 0.25) is 0 Å². The number of hydrogen-bond donors (Lipinski definition) is 1. The number of nitrogens with two attached hydrogens (primary N) is 1. The summed E-state index contributed by atoms with van der Waals surface area (Å²) in [5.41, 5.74) is 6.88. The third-order valence-corrected chi connectivity index (χ3v) is 4.10. The van der Waals surface area contributed by atoms with Gasteiger partial charge in [-0.1, -0.05) is 12.8 Å². The summed E-state index contributed by atoms with van der Waals surface area (Å²) in [6, 6.07) is 0.459. The van der Waals surface area contributed by atoms with Crippen molar-refractivity contribution in [1.29, 1.82) is 0 Å². The Hall–Kier alpha value is -1.36. The summed E-state index contributed by atoms with van der Waals surface area (Å²) in [6.07, 6.45) is 6.84. The van der Waals surface area contributed by atoms with Crippen LogP contribution in [0.15, 0.2) is 6.33 Å². The van der Waals surface area contributed by atoms with Crippen molar-refractivity contribution in [2.24, 2.45) is 0 Å². The number of ether oxygens (including phenoxy) is 1. The van der Waals surface area contributed by atoms with Crippen molar-refractivity contribution < 1.29 is 4.74 Å². The first kappa shape index (κ1) is 11.7. The van der Waals surface area contributed by atoms with Gasteiger partial charge < -0.3 is 15.4 Å². The number of nitrogens with zero attached hydrogens (tertiary/aromatic N) is 3. The lowest BCUT2D eigenvalue weighted by atomic mass is 9.90. The lowest BCUT2D eigenvalue weighted by molar-refractivity contribution is -0.00903. The third-order valence-electron chi connectivity index (χ3n) is 4.10. The zero-order chi connectivity index (χ0) is 12.5. The molecule has 0 amide bonds. The molecule has 1 aliphatic carbocycles. The Labute approximate surface area is 107 Å². The highest BCUT2D eigenvalue weighted by Crippen LogP contribution is 2.32. The van der Waals surface area contributed by atoms with Crippen molar-refractivity contribution >= 4 is 11.6 Å². The van der Waals surface area contributed by atoms with Crippen molar-refractivity contribution in [3.05, 3.63) is 11.9 Å². The molecule has 1 saturated heterocycles. The number of hydrogen-bond acceptors (Lipinski definition) is 5.